The van der Waals surface area contributed by atoms with E-state index in [1.807, 2.05) is 43.3 Å². The summed E-state index contributed by atoms with van der Waals surface area (Å²) in [5.41, 5.74) is 2.11. The fourth-order valence-electron chi connectivity index (χ4n) is 2.80. The molecule has 0 N–H and O–H groups in total. The second kappa shape index (κ2) is 10.3. The van der Waals surface area contributed by atoms with Gasteiger partial charge in [0.05, 0.1) is 13.2 Å². The number of hydrogen-bond donors (Lipinski definition) is 0. The van der Waals surface area contributed by atoms with Crippen LogP contribution in [0, 0.1) is 0 Å². The predicted molar refractivity (Wildman–Crippen MR) is 105 cm³/mol. The smallest absolute Gasteiger partial charge is 0.490 e. The summed E-state index contributed by atoms with van der Waals surface area (Å²) in [5, 5.41) is 0. The van der Waals surface area contributed by atoms with Crippen LogP contribution in [0.2, 0.25) is 6.04 Å². The zero-order valence-electron chi connectivity index (χ0n) is 16.0. The summed E-state index contributed by atoms with van der Waals surface area (Å²) in [4.78, 5) is 0. The van der Waals surface area contributed by atoms with Crippen LogP contribution in [0.5, 0.6) is 11.5 Å². The average Bonchev–Trinajstić information content (AvgIpc) is 2.70. The molecule has 26 heavy (non-hydrogen) atoms. The molecule has 0 amide bonds. The quantitative estimate of drug-likeness (QED) is 0.430. The molecule has 5 nitrogen and oxygen atoms in total. The monoisotopic (exact) mass is 376 g/mol. The van der Waals surface area contributed by atoms with Gasteiger partial charge in [-0.15, -0.1) is 0 Å². The van der Waals surface area contributed by atoms with Crippen molar-refractivity contribution in [2.24, 2.45) is 0 Å². The lowest BCUT2D eigenvalue weighted by Crippen LogP contribution is -2.42. The fourth-order valence-corrected chi connectivity index (χ4v) is 4.49. The molecule has 0 unspecified atom stereocenters. The minimum Gasteiger partial charge on any atom is -0.490 e. The Bertz CT molecular complexity index is 650. The summed E-state index contributed by atoms with van der Waals surface area (Å²) in [6.07, 6.45) is 0.760. The van der Waals surface area contributed by atoms with Crippen LogP contribution in [0.15, 0.2) is 48.5 Å². The lowest BCUT2D eigenvalue weighted by molar-refractivity contribution is 0.121. The van der Waals surface area contributed by atoms with Gasteiger partial charge < -0.3 is 22.8 Å². The number of hydrogen-bond acceptors (Lipinski definition) is 5. The van der Waals surface area contributed by atoms with E-state index < -0.39 is 8.80 Å². The minimum atomic E-state index is -2.57. The maximum Gasteiger partial charge on any atom is 0.500 e. The third kappa shape index (κ3) is 5.08. The van der Waals surface area contributed by atoms with E-state index in [4.69, 9.17) is 22.8 Å². The van der Waals surface area contributed by atoms with Crippen molar-refractivity contribution >= 4 is 8.80 Å². The second-order valence-electron chi connectivity index (χ2n) is 5.68. The normalized spacial score (nSPS) is 11.4. The average molecular weight is 377 g/mol. The lowest BCUT2D eigenvalue weighted by atomic mass is 10.0. The van der Waals surface area contributed by atoms with Crippen molar-refractivity contribution in [3.05, 3.63) is 48.5 Å². The zero-order chi connectivity index (χ0) is 18.8. The number of ether oxygens (including phenoxy) is 2. The molecule has 0 atom stereocenters. The van der Waals surface area contributed by atoms with Crippen molar-refractivity contribution in [1.82, 2.24) is 0 Å². The summed E-state index contributed by atoms with van der Waals surface area (Å²) in [6, 6.07) is 16.8. The molecular formula is C20H28O5Si. The Morgan fingerprint density at radius 2 is 1.50 bits per heavy atom. The molecule has 0 fully saturated rings. The highest BCUT2D eigenvalue weighted by Crippen LogP contribution is 2.38. The van der Waals surface area contributed by atoms with Gasteiger partial charge in [0.25, 0.3) is 0 Å². The van der Waals surface area contributed by atoms with E-state index in [1.165, 1.54) is 0 Å². The van der Waals surface area contributed by atoms with Crippen molar-refractivity contribution in [2.75, 3.05) is 34.5 Å². The second-order valence-corrected chi connectivity index (χ2v) is 8.77. The largest absolute Gasteiger partial charge is 0.500 e. The molecule has 2 aromatic rings. The predicted octanol–water partition coefficient (Wildman–Crippen LogP) is 4.40. The van der Waals surface area contributed by atoms with E-state index in [0.29, 0.717) is 19.3 Å². The topological polar surface area (TPSA) is 46.2 Å². The van der Waals surface area contributed by atoms with Crippen LogP contribution in [0.25, 0.3) is 11.1 Å². The summed E-state index contributed by atoms with van der Waals surface area (Å²) < 4.78 is 28.3. The van der Waals surface area contributed by atoms with Gasteiger partial charge in [0, 0.05) is 32.9 Å². The molecule has 0 saturated carbocycles. The Morgan fingerprint density at radius 1 is 0.808 bits per heavy atom. The standard InChI is InChI=1S/C20H28O5Si/c1-5-24-19-14-9-13-18(17-11-7-6-8-12-17)20(19)25-15-10-16-26(21-2,22-3)23-4/h6-9,11-14H,5,10,15-16H2,1-4H3. The molecule has 0 aliphatic carbocycles. The molecule has 2 rings (SSSR count). The Morgan fingerprint density at radius 3 is 2.12 bits per heavy atom. The first-order valence-electron chi connectivity index (χ1n) is 8.79. The van der Waals surface area contributed by atoms with Crippen molar-refractivity contribution in [3.63, 3.8) is 0 Å². The van der Waals surface area contributed by atoms with Gasteiger partial charge in [-0.25, -0.2) is 0 Å². The molecule has 0 aliphatic heterocycles. The van der Waals surface area contributed by atoms with Crippen LogP contribution >= 0.6 is 0 Å². The summed E-state index contributed by atoms with van der Waals surface area (Å²) in [7, 11) is 2.30. The Balaban J connectivity index is 2.14. The van der Waals surface area contributed by atoms with E-state index >= 15 is 0 Å². The molecule has 2 aromatic carbocycles. The first-order chi connectivity index (χ1) is 12.7. The summed E-state index contributed by atoms with van der Waals surface area (Å²) in [6.45, 7) is 3.07. The Labute approximate surface area is 157 Å². The highest BCUT2D eigenvalue weighted by Gasteiger charge is 2.37. The molecule has 0 spiro atoms. The molecule has 0 bridgehead atoms. The van der Waals surface area contributed by atoms with Gasteiger partial charge in [-0.05, 0) is 25.0 Å². The molecule has 0 heterocycles. The van der Waals surface area contributed by atoms with E-state index in [-0.39, 0.29) is 0 Å². The highest BCUT2D eigenvalue weighted by molar-refractivity contribution is 6.60. The van der Waals surface area contributed by atoms with Gasteiger partial charge in [-0.3, -0.25) is 0 Å². The molecule has 6 heteroatoms. The first-order valence-corrected chi connectivity index (χ1v) is 10.7. The number of para-hydroxylation sites is 1. The van der Waals surface area contributed by atoms with Crippen LogP contribution in [-0.2, 0) is 13.3 Å². The number of benzene rings is 2. The van der Waals surface area contributed by atoms with Crippen molar-refractivity contribution in [3.8, 4) is 22.6 Å². The Hall–Kier alpha value is -1.86. The van der Waals surface area contributed by atoms with Gasteiger partial charge in [0.1, 0.15) is 0 Å². The van der Waals surface area contributed by atoms with E-state index in [2.05, 4.69) is 12.1 Å². The first kappa shape index (κ1) is 20.4. The molecule has 0 aliphatic rings. The van der Waals surface area contributed by atoms with Gasteiger partial charge in [-0.2, -0.15) is 0 Å². The van der Waals surface area contributed by atoms with Crippen LogP contribution in [0.3, 0.4) is 0 Å². The molecule has 0 radical (unpaired) electrons. The maximum atomic E-state index is 6.13. The van der Waals surface area contributed by atoms with Crippen LogP contribution in [0.4, 0.5) is 0 Å². The van der Waals surface area contributed by atoms with Crippen molar-refractivity contribution in [1.29, 1.82) is 0 Å². The van der Waals surface area contributed by atoms with Crippen molar-refractivity contribution < 1.29 is 22.8 Å². The van der Waals surface area contributed by atoms with Crippen molar-refractivity contribution in [2.45, 2.75) is 19.4 Å². The summed E-state index contributed by atoms with van der Waals surface area (Å²) in [5.74, 6) is 1.52. The van der Waals surface area contributed by atoms with Gasteiger partial charge in [0.15, 0.2) is 11.5 Å². The van der Waals surface area contributed by atoms with E-state index in [9.17, 15) is 0 Å². The maximum absolute atomic E-state index is 6.13. The summed E-state index contributed by atoms with van der Waals surface area (Å²) >= 11 is 0. The molecule has 0 saturated heterocycles. The van der Waals surface area contributed by atoms with E-state index in [0.717, 1.165) is 29.0 Å². The molecule has 0 aromatic heterocycles. The Kier molecular flexibility index (Phi) is 8.12. The fraction of sp³-hybridized carbons (Fsp3) is 0.400. The van der Waals surface area contributed by atoms with Crippen LogP contribution < -0.4 is 9.47 Å². The van der Waals surface area contributed by atoms with Gasteiger partial charge in [0.2, 0.25) is 0 Å². The molecule has 142 valence electrons. The third-order valence-electron chi connectivity index (χ3n) is 4.17. The minimum absolute atomic E-state index is 0.523. The highest BCUT2D eigenvalue weighted by atomic mass is 28.4. The van der Waals surface area contributed by atoms with E-state index in [1.54, 1.807) is 21.3 Å². The third-order valence-corrected chi connectivity index (χ3v) is 7.00. The van der Waals surface area contributed by atoms with Crippen LogP contribution in [0.1, 0.15) is 13.3 Å². The van der Waals surface area contributed by atoms with Crippen LogP contribution in [-0.4, -0.2) is 43.3 Å². The number of rotatable bonds is 11. The van der Waals surface area contributed by atoms with Gasteiger partial charge in [-0.1, -0.05) is 42.5 Å². The van der Waals surface area contributed by atoms with Gasteiger partial charge >= 0.3 is 8.80 Å². The zero-order valence-corrected chi connectivity index (χ0v) is 17.0. The SMILES string of the molecule is CCOc1cccc(-c2ccccc2)c1OCCC[Si](OC)(OC)OC. The molecular weight excluding hydrogens is 348 g/mol. The lowest BCUT2D eigenvalue weighted by Gasteiger charge is -2.24.